The minimum absolute atomic E-state index is 0.0131. The highest BCUT2D eigenvalue weighted by molar-refractivity contribution is 6.35. The van der Waals surface area contributed by atoms with E-state index in [1.807, 2.05) is 0 Å². The average molecular weight is 192 g/mol. The van der Waals surface area contributed by atoms with Gasteiger partial charge in [-0.3, -0.25) is 4.79 Å². The van der Waals surface area contributed by atoms with Crippen LogP contribution in [0.2, 0.25) is 0 Å². The van der Waals surface area contributed by atoms with Gasteiger partial charge in [0.05, 0.1) is 5.69 Å². The maximum atomic E-state index is 10.5. The van der Waals surface area contributed by atoms with Crippen LogP contribution in [0.15, 0.2) is 23.4 Å². The molecule has 0 aliphatic rings. The average Bonchev–Trinajstić information content (AvgIpc) is 2.19. The Hall–Kier alpha value is -1.91. The van der Waals surface area contributed by atoms with Gasteiger partial charge in [0.15, 0.2) is 5.71 Å². The Morgan fingerprint density at radius 1 is 1.71 bits per heavy atom. The van der Waals surface area contributed by atoms with Gasteiger partial charge in [0.2, 0.25) is 0 Å². The lowest BCUT2D eigenvalue weighted by Crippen LogP contribution is -2.07. The lowest BCUT2D eigenvalue weighted by molar-refractivity contribution is 0.159. The summed E-state index contributed by atoms with van der Waals surface area (Å²) in [5.41, 5.74) is 5.81. The van der Waals surface area contributed by atoms with Crippen LogP contribution in [0.1, 0.15) is 12.6 Å². The lowest BCUT2D eigenvalue weighted by Gasteiger charge is -1.98. The Balaban J connectivity index is 2.94. The quantitative estimate of drug-likeness (QED) is 0.557. The van der Waals surface area contributed by atoms with Crippen molar-refractivity contribution in [3.05, 3.63) is 23.9 Å². The van der Waals surface area contributed by atoms with Crippen LogP contribution in [0.3, 0.4) is 0 Å². The van der Waals surface area contributed by atoms with Crippen molar-refractivity contribution in [1.29, 1.82) is 0 Å². The lowest BCUT2D eigenvalue weighted by atomic mass is 10.2. The predicted octanol–water partition coefficient (Wildman–Crippen LogP) is 0.514. The maximum absolute atomic E-state index is 10.5. The van der Waals surface area contributed by atoms with Crippen molar-refractivity contribution >= 4 is 17.8 Å². The standard InChI is InChI=1S/C9H10N3O2/c1-2-14-12-8(6-13)7-4-3-5-9(10)11-7/h3-5H,2H2,1H3,(H2,10,11). The van der Waals surface area contributed by atoms with E-state index < -0.39 is 0 Å². The molecule has 0 spiro atoms. The smallest absolute Gasteiger partial charge is 0.259 e. The first-order valence-electron chi connectivity index (χ1n) is 4.09. The molecule has 5 heteroatoms. The fourth-order valence-corrected chi connectivity index (χ4v) is 0.830. The largest absolute Gasteiger partial charge is 0.395 e. The molecule has 0 aromatic carbocycles. The monoisotopic (exact) mass is 192 g/mol. The molecular weight excluding hydrogens is 182 g/mol. The van der Waals surface area contributed by atoms with E-state index in [1.54, 1.807) is 31.4 Å². The maximum Gasteiger partial charge on any atom is 0.259 e. The first-order valence-corrected chi connectivity index (χ1v) is 4.09. The number of rotatable bonds is 4. The minimum atomic E-state index is 0.0131. The molecule has 0 aliphatic carbocycles. The molecule has 0 aliphatic heterocycles. The van der Waals surface area contributed by atoms with E-state index in [0.717, 1.165) is 0 Å². The van der Waals surface area contributed by atoms with Crippen LogP contribution in [-0.2, 0) is 9.63 Å². The first kappa shape index (κ1) is 10.2. The molecule has 73 valence electrons. The highest BCUT2D eigenvalue weighted by Crippen LogP contribution is 2.01. The van der Waals surface area contributed by atoms with E-state index >= 15 is 0 Å². The molecule has 1 aromatic rings. The number of hydrogen-bond donors (Lipinski definition) is 1. The van der Waals surface area contributed by atoms with Crippen LogP contribution in [-0.4, -0.2) is 23.6 Å². The summed E-state index contributed by atoms with van der Waals surface area (Å²) in [6.07, 6.45) is 1.64. The summed E-state index contributed by atoms with van der Waals surface area (Å²) in [6.45, 7) is 2.15. The molecule has 1 heterocycles. The van der Waals surface area contributed by atoms with Crippen molar-refractivity contribution in [2.45, 2.75) is 6.92 Å². The van der Waals surface area contributed by atoms with Gasteiger partial charge in [-0.2, -0.15) is 0 Å². The van der Waals surface area contributed by atoms with E-state index in [-0.39, 0.29) is 5.71 Å². The summed E-state index contributed by atoms with van der Waals surface area (Å²) in [4.78, 5) is 19.1. The van der Waals surface area contributed by atoms with E-state index in [2.05, 4.69) is 10.1 Å². The third-order valence-electron chi connectivity index (χ3n) is 1.39. The number of carbonyl (C=O) groups excluding carboxylic acids is 1. The molecule has 1 radical (unpaired) electrons. The van der Waals surface area contributed by atoms with Crippen LogP contribution >= 0.6 is 0 Å². The molecule has 5 nitrogen and oxygen atoms in total. The summed E-state index contributed by atoms with van der Waals surface area (Å²) in [5.74, 6) is 0.321. The second-order valence-corrected chi connectivity index (χ2v) is 2.41. The molecule has 2 N–H and O–H groups in total. The molecule has 0 amide bonds. The van der Waals surface area contributed by atoms with Gasteiger partial charge in [0.1, 0.15) is 12.4 Å². The highest BCUT2D eigenvalue weighted by Gasteiger charge is 2.05. The van der Waals surface area contributed by atoms with Gasteiger partial charge in [0.25, 0.3) is 6.29 Å². The molecule has 0 atom stereocenters. The van der Waals surface area contributed by atoms with Crippen LogP contribution in [0.5, 0.6) is 0 Å². The van der Waals surface area contributed by atoms with E-state index in [1.165, 1.54) is 0 Å². The van der Waals surface area contributed by atoms with Crippen LogP contribution in [0.25, 0.3) is 0 Å². The van der Waals surface area contributed by atoms with Crippen molar-refractivity contribution in [2.75, 3.05) is 12.3 Å². The first-order chi connectivity index (χ1) is 6.77. The Labute approximate surface area is 81.6 Å². The van der Waals surface area contributed by atoms with Crippen molar-refractivity contribution in [3.8, 4) is 0 Å². The van der Waals surface area contributed by atoms with Gasteiger partial charge in [-0.15, -0.1) is 0 Å². The topological polar surface area (TPSA) is 77.6 Å². The van der Waals surface area contributed by atoms with Crippen molar-refractivity contribution in [1.82, 2.24) is 4.98 Å². The highest BCUT2D eigenvalue weighted by atomic mass is 16.6. The van der Waals surface area contributed by atoms with Crippen LogP contribution in [0, 0.1) is 0 Å². The Morgan fingerprint density at radius 2 is 2.50 bits per heavy atom. The molecule has 14 heavy (non-hydrogen) atoms. The molecule has 1 rings (SSSR count). The number of nitrogens with two attached hydrogens (primary N) is 1. The number of hydrogen-bond acceptors (Lipinski definition) is 5. The van der Waals surface area contributed by atoms with Gasteiger partial charge >= 0.3 is 0 Å². The van der Waals surface area contributed by atoms with E-state index in [4.69, 9.17) is 10.6 Å². The number of nitrogen functional groups attached to an aromatic ring is 1. The number of pyridine rings is 1. The second-order valence-electron chi connectivity index (χ2n) is 2.41. The van der Waals surface area contributed by atoms with Crippen molar-refractivity contribution in [2.24, 2.45) is 5.16 Å². The van der Waals surface area contributed by atoms with Crippen LogP contribution in [0.4, 0.5) is 5.82 Å². The summed E-state index contributed by atoms with van der Waals surface area (Å²) in [5, 5.41) is 3.55. The predicted molar refractivity (Wildman–Crippen MR) is 52.5 cm³/mol. The zero-order chi connectivity index (χ0) is 10.4. The number of aromatic nitrogens is 1. The van der Waals surface area contributed by atoms with Crippen molar-refractivity contribution < 1.29 is 9.63 Å². The SMILES string of the molecule is CCON=C([C]=O)c1cccc(N)n1. The van der Waals surface area contributed by atoms with Gasteiger partial charge in [-0.1, -0.05) is 11.2 Å². The second kappa shape index (κ2) is 4.96. The molecule has 1 aromatic heterocycles. The molecule has 0 saturated heterocycles. The Bertz CT molecular complexity index is 350. The van der Waals surface area contributed by atoms with Gasteiger partial charge in [-0.25, -0.2) is 4.98 Å². The molecule has 0 unspecified atom stereocenters. The normalized spacial score (nSPS) is 11.1. The fraction of sp³-hybridized carbons (Fsp3) is 0.222. The summed E-state index contributed by atoms with van der Waals surface area (Å²) in [6, 6.07) is 4.90. The van der Waals surface area contributed by atoms with Crippen molar-refractivity contribution in [3.63, 3.8) is 0 Å². The molecule has 0 fully saturated rings. The summed E-state index contributed by atoms with van der Waals surface area (Å²) in [7, 11) is 0. The third-order valence-corrected chi connectivity index (χ3v) is 1.39. The van der Waals surface area contributed by atoms with Gasteiger partial charge in [0, 0.05) is 0 Å². The number of oxime groups is 1. The Morgan fingerprint density at radius 3 is 3.07 bits per heavy atom. The zero-order valence-corrected chi connectivity index (χ0v) is 7.73. The van der Waals surface area contributed by atoms with E-state index in [9.17, 15) is 4.79 Å². The summed E-state index contributed by atoms with van der Waals surface area (Å²) >= 11 is 0. The third kappa shape index (κ3) is 2.55. The fourth-order valence-electron chi connectivity index (χ4n) is 0.830. The summed E-state index contributed by atoms with van der Waals surface area (Å²) < 4.78 is 0. The molecule has 0 bridgehead atoms. The zero-order valence-electron chi connectivity index (χ0n) is 7.73. The minimum Gasteiger partial charge on any atom is -0.395 e. The van der Waals surface area contributed by atoms with Gasteiger partial charge in [-0.05, 0) is 19.1 Å². The molecular formula is C9H10N3O2. The van der Waals surface area contributed by atoms with Gasteiger partial charge < -0.3 is 10.6 Å². The number of anilines is 1. The molecule has 0 saturated carbocycles. The van der Waals surface area contributed by atoms with Crippen LogP contribution < -0.4 is 5.73 Å². The number of nitrogens with zero attached hydrogens (tertiary/aromatic N) is 2. The Kier molecular flexibility index (Phi) is 3.60. The van der Waals surface area contributed by atoms with E-state index in [0.29, 0.717) is 18.1 Å².